The van der Waals surface area contributed by atoms with Gasteiger partial charge in [-0.05, 0) is 6.42 Å². The zero-order valence-corrected chi connectivity index (χ0v) is 14.1. The first-order chi connectivity index (χ1) is 7.48. The van der Waals surface area contributed by atoms with Gasteiger partial charge in [0.25, 0.3) is 0 Å². The minimum atomic E-state index is -4.92. The Hall–Kier alpha value is 1.19. The SMILES string of the molecule is C=C(COCCCCCCCC)[B-](F)(F)F.[K+]. The Balaban J connectivity index is 0. The Morgan fingerprint density at radius 1 is 1.06 bits per heavy atom. The predicted octanol–water partition coefficient (Wildman–Crippen LogP) is 1.31. The van der Waals surface area contributed by atoms with Crippen LogP contribution in [0.5, 0.6) is 0 Å². The summed E-state index contributed by atoms with van der Waals surface area (Å²) in [6.45, 7) is 0.207. The quantitative estimate of drug-likeness (QED) is 0.432. The Bertz CT molecular complexity index is 198. The minimum Gasteiger partial charge on any atom is -0.445 e. The van der Waals surface area contributed by atoms with Crippen molar-refractivity contribution in [3.63, 3.8) is 0 Å². The smallest absolute Gasteiger partial charge is 0.445 e. The van der Waals surface area contributed by atoms with E-state index in [2.05, 4.69) is 13.5 Å². The van der Waals surface area contributed by atoms with Crippen LogP contribution in [0.3, 0.4) is 0 Å². The summed E-state index contributed by atoms with van der Waals surface area (Å²) in [7, 11) is 0. The molecule has 0 N–H and O–H groups in total. The second-order valence-corrected chi connectivity index (χ2v) is 4.05. The Kier molecular flexibility index (Phi) is 14.8. The van der Waals surface area contributed by atoms with E-state index in [1.54, 1.807) is 0 Å². The van der Waals surface area contributed by atoms with Gasteiger partial charge in [0.05, 0.1) is 0 Å². The number of hydrogen-bond acceptors (Lipinski definition) is 1. The second kappa shape index (κ2) is 12.2. The molecule has 0 fully saturated rings. The molecule has 0 heterocycles. The second-order valence-electron chi connectivity index (χ2n) is 4.05. The minimum absolute atomic E-state index is 0. The van der Waals surface area contributed by atoms with E-state index in [1.165, 1.54) is 19.3 Å². The number of rotatable bonds is 10. The van der Waals surface area contributed by atoms with E-state index in [9.17, 15) is 12.9 Å². The summed E-state index contributed by atoms with van der Waals surface area (Å²) in [5, 5.41) is 0. The third-order valence-electron chi connectivity index (χ3n) is 2.39. The average molecular weight is 276 g/mol. The molecule has 0 aromatic rings. The van der Waals surface area contributed by atoms with Crippen LogP contribution >= 0.6 is 0 Å². The van der Waals surface area contributed by atoms with Crippen molar-refractivity contribution in [2.24, 2.45) is 0 Å². The number of halogens is 3. The van der Waals surface area contributed by atoms with E-state index in [4.69, 9.17) is 4.74 Å². The third kappa shape index (κ3) is 13.4. The molecule has 0 saturated heterocycles. The molecule has 1 nitrogen and oxygen atoms in total. The van der Waals surface area contributed by atoms with E-state index in [-0.39, 0.29) is 58.0 Å². The fourth-order valence-corrected chi connectivity index (χ4v) is 1.28. The van der Waals surface area contributed by atoms with E-state index >= 15 is 0 Å². The maximum absolute atomic E-state index is 12.0. The van der Waals surface area contributed by atoms with Gasteiger partial charge in [-0.25, -0.2) is 0 Å². The van der Waals surface area contributed by atoms with Crippen molar-refractivity contribution in [3.8, 4) is 0 Å². The molecule has 6 heteroatoms. The molecule has 0 spiro atoms. The molecular weight excluding hydrogens is 255 g/mol. The molecule has 0 aliphatic heterocycles. The molecule has 0 aromatic carbocycles. The van der Waals surface area contributed by atoms with E-state index < -0.39 is 12.4 Å². The summed E-state index contributed by atoms with van der Waals surface area (Å²) < 4.78 is 41.1. The van der Waals surface area contributed by atoms with Crippen molar-refractivity contribution in [3.05, 3.63) is 12.1 Å². The topological polar surface area (TPSA) is 9.23 Å². The summed E-state index contributed by atoms with van der Waals surface area (Å²) in [5.74, 6) is 0. The number of unbranched alkanes of at least 4 members (excludes halogenated alkanes) is 5. The zero-order valence-electron chi connectivity index (χ0n) is 11.0. The normalized spacial score (nSPS) is 11.1. The number of ether oxygens (including phenoxy) is 1. The standard InChI is InChI=1S/C11H21BF3O.K/c1-3-4-5-6-7-8-9-16-10-11(2)12(13,14)15;/h2-10H2,1H3;/q-1;+1. The first kappa shape index (κ1) is 20.5. The van der Waals surface area contributed by atoms with Gasteiger partial charge in [-0.1, -0.05) is 39.0 Å². The van der Waals surface area contributed by atoms with Crippen molar-refractivity contribution in [1.82, 2.24) is 0 Å². The van der Waals surface area contributed by atoms with E-state index in [0.717, 1.165) is 19.3 Å². The first-order valence-electron chi connectivity index (χ1n) is 5.93. The Labute approximate surface area is 145 Å². The van der Waals surface area contributed by atoms with Gasteiger partial charge in [-0.2, -0.15) is 0 Å². The van der Waals surface area contributed by atoms with Gasteiger partial charge in [0.2, 0.25) is 0 Å². The Morgan fingerprint density at radius 2 is 1.59 bits per heavy atom. The Morgan fingerprint density at radius 3 is 2.12 bits per heavy atom. The average Bonchev–Trinajstić information content (AvgIpc) is 2.20. The van der Waals surface area contributed by atoms with Crippen LogP contribution in [0.15, 0.2) is 12.1 Å². The summed E-state index contributed by atoms with van der Waals surface area (Å²) >= 11 is 0. The fraction of sp³-hybridized carbons (Fsp3) is 0.818. The predicted molar refractivity (Wildman–Crippen MR) is 62.4 cm³/mol. The van der Waals surface area contributed by atoms with Gasteiger partial charge < -0.3 is 17.7 Å². The van der Waals surface area contributed by atoms with Crippen LogP contribution in [-0.4, -0.2) is 20.2 Å². The summed E-state index contributed by atoms with van der Waals surface area (Å²) in [6.07, 6.45) is 6.64. The summed E-state index contributed by atoms with van der Waals surface area (Å²) in [4.78, 5) is 0. The molecule has 17 heavy (non-hydrogen) atoms. The van der Waals surface area contributed by atoms with Crippen molar-refractivity contribution >= 4 is 6.98 Å². The van der Waals surface area contributed by atoms with Crippen LogP contribution in [0.2, 0.25) is 0 Å². The first-order valence-corrected chi connectivity index (χ1v) is 5.93. The fourth-order valence-electron chi connectivity index (χ4n) is 1.28. The van der Waals surface area contributed by atoms with Crippen LogP contribution in [0, 0.1) is 0 Å². The molecule has 0 saturated carbocycles. The maximum atomic E-state index is 12.0. The summed E-state index contributed by atoms with van der Waals surface area (Å²) in [6, 6.07) is 0. The van der Waals surface area contributed by atoms with Gasteiger partial charge in [-0.15, -0.1) is 12.1 Å². The van der Waals surface area contributed by atoms with Crippen LogP contribution in [-0.2, 0) is 4.74 Å². The van der Waals surface area contributed by atoms with Crippen LogP contribution in [0.1, 0.15) is 45.4 Å². The molecule has 0 radical (unpaired) electrons. The largest absolute Gasteiger partial charge is 1.00 e. The van der Waals surface area contributed by atoms with Gasteiger partial charge >= 0.3 is 58.4 Å². The van der Waals surface area contributed by atoms with Gasteiger partial charge in [-0.3, -0.25) is 0 Å². The van der Waals surface area contributed by atoms with Crippen LogP contribution < -0.4 is 51.4 Å². The maximum Gasteiger partial charge on any atom is 1.00 e. The molecule has 0 unspecified atom stereocenters. The van der Waals surface area contributed by atoms with Crippen molar-refractivity contribution < 1.29 is 69.1 Å². The zero-order chi connectivity index (χ0) is 12.4. The van der Waals surface area contributed by atoms with E-state index in [0.29, 0.717) is 6.61 Å². The van der Waals surface area contributed by atoms with Crippen LogP contribution in [0.4, 0.5) is 12.9 Å². The third-order valence-corrected chi connectivity index (χ3v) is 2.39. The molecule has 0 aliphatic carbocycles. The van der Waals surface area contributed by atoms with Crippen molar-refractivity contribution in [1.29, 1.82) is 0 Å². The van der Waals surface area contributed by atoms with Gasteiger partial charge in [0.15, 0.2) is 0 Å². The van der Waals surface area contributed by atoms with Crippen molar-refractivity contribution in [2.45, 2.75) is 45.4 Å². The molecule has 0 atom stereocenters. The molecule has 96 valence electrons. The van der Waals surface area contributed by atoms with Gasteiger partial charge in [0.1, 0.15) is 0 Å². The van der Waals surface area contributed by atoms with Crippen molar-refractivity contribution in [2.75, 3.05) is 13.2 Å². The number of hydrogen-bond donors (Lipinski definition) is 0. The molecular formula is C11H21BF3KO. The summed E-state index contributed by atoms with van der Waals surface area (Å²) in [5.41, 5.74) is -0.744. The van der Waals surface area contributed by atoms with Crippen LogP contribution in [0.25, 0.3) is 0 Å². The molecule has 0 aliphatic rings. The molecule has 0 aromatic heterocycles. The monoisotopic (exact) mass is 276 g/mol. The molecule has 0 bridgehead atoms. The van der Waals surface area contributed by atoms with Gasteiger partial charge in [0, 0.05) is 13.2 Å². The molecule has 0 amide bonds. The van der Waals surface area contributed by atoms with E-state index in [1.807, 2.05) is 0 Å². The molecule has 0 rings (SSSR count).